The van der Waals surface area contributed by atoms with Crippen LogP contribution in [0.3, 0.4) is 0 Å². The highest BCUT2D eigenvalue weighted by atomic mass is 32.2. The first kappa shape index (κ1) is 18.3. The van der Waals surface area contributed by atoms with Crippen LogP contribution in [-0.4, -0.2) is 28.5 Å². The normalized spacial score (nSPS) is 11.2. The molecule has 2 aromatic rings. The fourth-order valence-corrected chi connectivity index (χ4v) is 4.25. The van der Waals surface area contributed by atoms with E-state index in [9.17, 15) is 13.2 Å². The standard InChI is InChI=1S/C16H19NO5S2/c1-5-14-10(2)8-15(23-14)16(18)17-24(19,20)11-6-7-12(21-3)13(9-11)22-4/h6-9H,5H2,1-4H3,(H,17,18). The zero-order chi connectivity index (χ0) is 17.9. The highest BCUT2D eigenvalue weighted by Gasteiger charge is 2.22. The van der Waals surface area contributed by atoms with Crippen LogP contribution < -0.4 is 14.2 Å². The van der Waals surface area contributed by atoms with Gasteiger partial charge in [0.1, 0.15) is 0 Å². The molecule has 2 rings (SSSR count). The van der Waals surface area contributed by atoms with E-state index in [1.54, 1.807) is 6.07 Å². The molecule has 24 heavy (non-hydrogen) atoms. The fourth-order valence-electron chi connectivity index (χ4n) is 2.20. The van der Waals surface area contributed by atoms with Gasteiger partial charge in [0.25, 0.3) is 15.9 Å². The van der Waals surface area contributed by atoms with Gasteiger partial charge in [-0.2, -0.15) is 0 Å². The van der Waals surface area contributed by atoms with E-state index in [1.807, 2.05) is 13.8 Å². The molecule has 130 valence electrons. The van der Waals surface area contributed by atoms with E-state index in [-0.39, 0.29) is 10.6 Å². The van der Waals surface area contributed by atoms with Crippen LogP contribution in [0.25, 0.3) is 0 Å². The first-order valence-corrected chi connectivity index (χ1v) is 9.50. The average molecular weight is 369 g/mol. The first-order valence-electron chi connectivity index (χ1n) is 7.20. The van der Waals surface area contributed by atoms with Crippen molar-refractivity contribution in [2.24, 2.45) is 0 Å². The predicted molar refractivity (Wildman–Crippen MR) is 92.6 cm³/mol. The number of carbonyl (C=O) groups is 1. The van der Waals surface area contributed by atoms with E-state index >= 15 is 0 Å². The molecule has 0 bridgehead atoms. The molecule has 1 aromatic heterocycles. The molecule has 0 saturated carbocycles. The number of sulfonamides is 1. The van der Waals surface area contributed by atoms with E-state index in [1.165, 1.54) is 43.8 Å². The van der Waals surface area contributed by atoms with Crippen molar-refractivity contribution in [3.8, 4) is 11.5 Å². The van der Waals surface area contributed by atoms with Crippen molar-refractivity contribution in [1.29, 1.82) is 0 Å². The molecule has 0 aliphatic heterocycles. The van der Waals surface area contributed by atoms with Crippen LogP contribution in [0.2, 0.25) is 0 Å². The third-order valence-electron chi connectivity index (χ3n) is 3.46. The maximum atomic E-state index is 12.4. The summed E-state index contributed by atoms with van der Waals surface area (Å²) in [6.07, 6.45) is 0.798. The van der Waals surface area contributed by atoms with E-state index in [0.717, 1.165) is 16.9 Å². The molecule has 8 heteroatoms. The highest BCUT2D eigenvalue weighted by molar-refractivity contribution is 7.90. The number of nitrogens with one attached hydrogen (secondary N) is 1. The van der Waals surface area contributed by atoms with E-state index in [4.69, 9.17) is 9.47 Å². The van der Waals surface area contributed by atoms with Crippen molar-refractivity contribution in [2.75, 3.05) is 14.2 Å². The maximum Gasteiger partial charge on any atom is 0.275 e. The summed E-state index contributed by atoms with van der Waals surface area (Å²) in [6, 6.07) is 5.84. The quantitative estimate of drug-likeness (QED) is 0.847. The number of hydrogen-bond acceptors (Lipinski definition) is 6. The minimum absolute atomic E-state index is 0.0718. The minimum Gasteiger partial charge on any atom is -0.493 e. The van der Waals surface area contributed by atoms with E-state index < -0.39 is 15.9 Å². The van der Waals surface area contributed by atoms with E-state index in [2.05, 4.69) is 4.72 Å². The van der Waals surface area contributed by atoms with Crippen molar-refractivity contribution in [3.05, 3.63) is 39.6 Å². The SMILES string of the molecule is CCc1sc(C(=O)NS(=O)(=O)c2ccc(OC)c(OC)c2)cc1C. The largest absolute Gasteiger partial charge is 0.493 e. The molecule has 0 saturated heterocycles. The number of aryl methyl sites for hydroxylation is 2. The van der Waals surface area contributed by atoms with Gasteiger partial charge in [0.05, 0.1) is 24.0 Å². The zero-order valence-electron chi connectivity index (χ0n) is 13.9. The summed E-state index contributed by atoms with van der Waals surface area (Å²) in [5, 5.41) is 0. The first-order chi connectivity index (χ1) is 11.3. The van der Waals surface area contributed by atoms with Crippen LogP contribution in [0.15, 0.2) is 29.2 Å². The molecule has 0 atom stereocenters. The lowest BCUT2D eigenvalue weighted by atomic mass is 10.2. The molecule has 1 heterocycles. The van der Waals surface area contributed by atoms with Crippen LogP contribution >= 0.6 is 11.3 Å². The van der Waals surface area contributed by atoms with Gasteiger partial charge in [0.15, 0.2) is 11.5 Å². The smallest absolute Gasteiger partial charge is 0.275 e. The summed E-state index contributed by atoms with van der Waals surface area (Å²) >= 11 is 1.30. The number of ether oxygens (including phenoxy) is 2. The molecule has 0 radical (unpaired) electrons. The summed E-state index contributed by atoms with van der Waals surface area (Å²) in [6.45, 7) is 3.88. The average Bonchev–Trinajstić information content (AvgIpc) is 2.94. The van der Waals surface area contributed by atoms with Gasteiger partial charge in [-0.05, 0) is 37.1 Å². The maximum absolute atomic E-state index is 12.4. The van der Waals surface area contributed by atoms with Gasteiger partial charge < -0.3 is 9.47 Å². The Morgan fingerprint density at radius 1 is 1.17 bits per heavy atom. The summed E-state index contributed by atoms with van der Waals surface area (Å²) < 4.78 is 37.1. The molecule has 1 aromatic carbocycles. The monoisotopic (exact) mass is 369 g/mol. The van der Waals surface area contributed by atoms with Gasteiger partial charge in [0.2, 0.25) is 0 Å². The Morgan fingerprint density at radius 3 is 2.38 bits per heavy atom. The lowest BCUT2D eigenvalue weighted by Gasteiger charge is -2.10. The van der Waals surface area contributed by atoms with Crippen molar-refractivity contribution >= 4 is 27.3 Å². The Hall–Kier alpha value is -2.06. The van der Waals surface area contributed by atoms with Gasteiger partial charge in [-0.25, -0.2) is 13.1 Å². The van der Waals surface area contributed by atoms with Crippen molar-refractivity contribution in [1.82, 2.24) is 4.72 Å². The fraction of sp³-hybridized carbons (Fsp3) is 0.312. The number of benzene rings is 1. The van der Waals surface area contributed by atoms with Gasteiger partial charge in [-0.15, -0.1) is 11.3 Å². The summed E-state index contributed by atoms with van der Waals surface area (Å²) in [4.78, 5) is 13.6. The predicted octanol–water partition coefficient (Wildman–Crippen LogP) is 2.75. The van der Waals surface area contributed by atoms with Crippen molar-refractivity contribution < 1.29 is 22.7 Å². The molecule has 0 aliphatic carbocycles. The molecular formula is C16H19NO5S2. The molecule has 1 N–H and O–H groups in total. The van der Waals surface area contributed by atoms with Crippen LogP contribution in [-0.2, 0) is 16.4 Å². The van der Waals surface area contributed by atoms with Gasteiger partial charge in [0, 0.05) is 10.9 Å². The number of rotatable bonds is 6. The molecule has 0 aliphatic rings. The number of amides is 1. The highest BCUT2D eigenvalue weighted by Crippen LogP contribution is 2.29. The van der Waals surface area contributed by atoms with Gasteiger partial charge in [-0.3, -0.25) is 4.79 Å². The van der Waals surface area contributed by atoms with Crippen LogP contribution in [0.1, 0.15) is 27.0 Å². The third-order valence-corrected chi connectivity index (χ3v) is 6.17. The number of methoxy groups -OCH3 is 2. The Labute approximate surface area is 145 Å². The summed E-state index contributed by atoms with van der Waals surface area (Å²) in [5.41, 5.74) is 0.983. The molecule has 0 unspecified atom stereocenters. The van der Waals surface area contributed by atoms with Gasteiger partial charge >= 0.3 is 0 Å². The van der Waals surface area contributed by atoms with Crippen LogP contribution in [0.4, 0.5) is 0 Å². The molecular weight excluding hydrogens is 350 g/mol. The van der Waals surface area contributed by atoms with E-state index in [0.29, 0.717) is 10.6 Å². The van der Waals surface area contributed by atoms with Gasteiger partial charge in [-0.1, -0.05) is 6.92 Å². The second kappa shape index (κ2) is 7.23. The lowest BCUT2D eigenvalue weighted by Crippen LogP contribution is -2.30. The third kappa shape index (κ3) is 3.70. The second-order valence-corrected chi connectivity index (χ2v) is 7.84. The number of hydrogen-bond donors (Lipinski definition) is 1. The van der Waals surface area contributed by atoms with Crippen molar-refractivity contribution in [2.45, 2.75) is 25.2 Å². The van der Waals surface area contributed by atoms with Crippen LogP contribution in [0, 0.1) is 6.92 Å². The Bertz CT molecular complexity index is 855. The number of thiophene rings is 1. The summed E-state index contributed by atoms with van der Waals surface area (Å²) in [7, 11) is -1.14. The van der Waals surface area contributed by atoms with Crippen LogP contribution in [0.5, 0.6) is 11.5 Å². The summed E-state index contributed by atoms with van der Waals surface area (Å²) in [5.74, 6) is 0.0369. The molecule has 6 nitrogen and oxygen atoms in total. The number of carbonyl (C=O) groups excluding carboxylic acids is 1. The Kier molecular flexibility index (Phi) is 5.51. The lowest BCUT2D eigenvalue weighted by molar-refractivity contribution is 0.0985. The Balaban J connectivity index is 2.28. The second-order valence-electron chi connectivity index (χ2n) is 5.02. The topological polar surface area (TPSA) is 81.7 Å². The molecule has 1 amide bonds. The Morgan fingerprint density at radius 2 is 1.83 bits per heavy atom. The molecule has 0 fully saturated rings. The molecule has 0 spiro atoms. The van der Waals surface area contributed by atoms with Crippen molar-refractivity contribution in [3.63, 3.8) is 0 Å². The minimum atomic E-state index is -4.00. The zero-order valence-corrected chi connectivity index (χ0v) is 15.5.